The normalized spacial score (nSPS) is 19.4. The summed E-state index contributed by atoms with van der Waals surface area (Å²) in [6, 6.07) is 13.4. The second kappa shape index (κ2) is 5.73. The van der Waals surface area contributed by atoms with Gasteiger partial charge in [0.25, 0.3) is 0 Å². The molecule has 2 aromatic carbocycles. The van der Waals surface area contributed by atoms with Crippen LogP contribution in [0.1, 0.15) is 43.0 Å². The van der Waals surface area contributed by atoms with Gasteiger partial charge < -0.3 is 10.1 Å². The minimum Gasteiger partial charge on any atom is -0.487 e. The van der Waals surface area contributed by atoms with Crippen LogP contribution in [0.15, 0.2) is 42.5 Å². The molecule has 116 valence electrons. The molecule has 0 aromatic heterocycles. The Bertz CT molecular complexity index is 681. The number of halogens is 1. The van der Waals surface area contributed by atoms with Gasteiger partial charge in [0.1, 0.15) is 17.2 Å². The van der Waals surface area contributed by atoms with Crippen LogP contribution < -0.4 is 10.1 Å². The van der Waals surface area contributed by atoms with Crippen LogP contribution in [0.5, 0.6) is 5.75 Å². The van der Waals surface area contributed by atoms with Crippen molar-refractivity contribution in [1.82, 2.24) is 5.32 Å². The van der Waals surface area contributed by atoms with Gasteiger partial charge in [-0.3, -0.25) is 0 Å². The van der Waals surface area contributed by atoms with Gasteiger partial charge in [-0.15, -0.1) is 0 Å². The molecular formula is C19H22FNO. The molecule has 0 saturated carbocycles. The van der Waals surface area contributed by atoms with E-state index in [-0.39, 0.29) is 17.5 Å². The molecule has 2 nitrogen and oxygen atoms in total. The van der Waals surface area contributed by atoms with Gasteiger partial charge >= 0.3 is 0 Å². The van der Waals surface area contributed by atoms with E-state index in [1.54, 1.807) is 6.07 Å². The highest BCUT2D eigenvalue weighted by Crippen LogP contribution is 2.40. The fourth-order valence-corrected chi connectivity index (χ4v) is 3.02. The van der Waals surface area contributed by atoms with E-state index in [1.165, 1.54) is 11.6 Å². The minimum atomic E-state index is -0.228. The number of hydrogen-bond donors (Lipinski definition) is 1. The third-order valence-electron chi connectivity index (χ3n) is 4.12. The van der Waals surface area contributed by atoms with Gasteiger partial charge in [-0.1, -0.05) is 30.3 Å². The quantitative estimate of drug-likeness (QED) is 0.899. The maximum absolute atomic E-state index is 13.8. The summed E-state index contributed by atoms with van der Waals surface area (Å²) in [4.78, 5) is 0. The maximum Gasteiger partial charge on any atom is 0.127 e. The number of fused-ring (bicyclic) bond motifs is 1. The van der Waals surface area contributed by atoms with Crippen LogP contribution in [-0.2, 0) is 6.54 Å². The lowest BCUT2D eigenvalue weighted by Gasteiger charge is -2.38. The molecule has 22 heavy (non-hydrogen) atoms. The third-order valence-corrected chi connectivity index (χ3v) is 4.12. The summed E-state index contributed by atoms with van der Waals surface area (Å²) in [7, 11) is 0. The van der Waals surface area contributed by atoms with E-state index < -0.39 is 0 Å². The highest BCUT2D eigenvalue weighted by Gasteiger charge is 2.33. The van der Waals surface area contributed by atoms with Crippen molar-refractivity contribution in [3.05, 3.63) is 65.0 Å². The zero-order valence-electron chi connectivity index (χ0n) is 13.3. The molecule has 0 spiro atoms. The standard InChI is InChI=1S/C19H22FNO/c1-13-8-9-15-17(11-19(2,3)22-18(15)10-13)21-12-14-6-4-5-7-16(14)20/h4-10,17,21H,11-12H2,1-3H3. The number of rotatable bonds is 3. The lowest BCUT2D eigenvalue weighted by molar-refractivity contribution is 0.0656. The monoisotopic (exact) mass is 299 g/mol. The second-order valence-corrected chi connectivity index (χ2v) is 6.63. The molecule has 0 bridgehead atoms. The molecule has 0 aliphatic carbocycles. The van der Waals surface area contributed by atoms with Crippen molar-refractivity contribution in [3.8, 4) is 5.75 Å². The Balaban J connectivity index is 1.83. The fraction of sp³-hybridized carbons (Fsp3) is 0.368. The fourth-order valence-electron chi connectivity index (χ4n) is 3.02. The van der Waals surface area contributed by atoms with Gasteiger partial charge in [-0.2, -0.15) is 0 Å². The van der Waals surface area contributed by atoms with E-state index >= 15 is 0 Å². The first-order chi connectivity index (χ1) is 10.4. The van der Waals surface area contributed by atoms with Gasteiger partial charge in [-0.25, -0.2) is 4.39 Å². The van der Waals surface area contributed by atoms with Crippen molar-refractivity contribution in [2.75, 3.05) is 0 Å². The largest absolute Gasteiger partial charge is 0.487 e. The van der Waals surface area contributed by atoms with Crippen LogP contribution in [-0.4, -0.2) is 5.60 Å². The minimum absolute atomic E-state index is 0.162. The highest BCUT2D eigenvalue weighted by atomic mass is 19.1. The molecule has 0 fully saturated rings. The zero-order chi connectivity index (χ0) is 15.7. The topological polar surface area (TPSA) is 21.3 Å². The van der Waals surface area contributed by atoms with Gasteiger partial charge in [0.05, 0.1) is 0 Å². The van der Waals surface area contributed by atoms with Crippen molar-refractivity contribution in [2.24, 2.45) is 0 Å². The van der Waals surface area contributed by atoms with Crippen molar-refractivity contribution in [1.29, 1.82) is 0 Å². The van der Waals surface area contributed by atoms with E-state index in [1.807, 2.05) is 12.1 Å². The summed E-state index contributed by atoms with van der Waals surface area (Å²) in [5.74, 6) is 0.771. The van der Waals surface area contributed by atoms with Crippen molar-refractivity contribution in [2.45, 2.75) is 45.4 Å². The van der Waals surface area contributed by atoms with E-state index in [0.717, 1.165) is 17.7 Å². The first kappa shape index (κ1) is 15.0. The summed E-state index contributed by atoms with van der Waals surface area (Å²) >= 11 is 0. The smallest absolute Gasteiger partial charge is 0.127 e. The van der Waals surface area contributed by atoms with E-state index in [0.29, 0.717) is 12.1 Å². The molecule has 0 amide bonds. The molecular weight excluding hydrogens is 277 g/mol. The Kier molecular flexibility index (Phi) is 3.92. The molecule has 0 saturated heterocycles. The zero-order valence-corrected chi connectivity index (χ0v) is 13.3. The SMILES string of the molecule is Cc1ccc2c(c1)OC(C)(C)CC2NCc1ccccc1F. The third kappa shape index (κ3) is 3.14. The van der Waals surface area contributed by atoms with Crippen LogP contribution in [0.4, 0.5) is 4.39 Å². The van der Waals surface area contributed by atoms with E-state index in [4.69, 9.17) is 4.74 Å². The Hall–Kier alpha value is -1.87. The molecule has 1 atom stereocenters. The predicted molar refractivity (Wildman–Crippen MR) is 86.5 cm³/mol. The Morgan fingerprint density at radius 1 is 1.23 bits per heavy atom. The number of benzene rings is 2. The Morgan fingerprint density at radius 2 is 2.00 bits per heavy atom. The van der Waals surface area contributed by atoms with Crippen molar-refractivity contribution in [3.63, 3.8) is 0 Å². The first-order valence-electron chi connectivity index (χ1n) is 7.71. The molecule has 3 rings (SSSR count). The van der Waals surface area contributed by atoms with Gasteiger partial charge in [0.15, 0.2) is 0 Å². The molecule has 1 aliphatic heterocycles. The van der Waals surface area contributed by atoms with Crippen molar-refractivity contribution < 1.29 is 9.13 Å². The first-order valence-corrected chi connectivity index (χ1v) is 7.71. The van der Waals surface area contributed by atoms with E-state index in [2.05, 4.69) is 44.3 Å². The van der Waals surface area contributed by atoms with Gasteiger partial charge in [0.2, 0.25) is 0 Å². The molecule has 1 aliphatic rings. The van der Waals surface area contributed by atoms with E-state index in [9.17, 15) is 4.39 Å². The number of hydrogen-bond acceptors (Lipinski definition) is 2. The van der Waals surface area contributed by atoms with Crippen LogP contribution in [0, 0.1) is 12.7 Å². The van der Waals surface area contributed by atoms with Crippen LogP contribution in [0.2, 0.25) is 0 Å². The molecule has 2 aromatic rings. The molecule has 0 radical (unpaired) electrons. The average molecular weight is 299 g/mol. The summed E-state index contributed by atoms with van der Waals surface area (Å²) in [5.41, 5.74) is 2.80. The maximum atomic E-state index is 13.8. The summed E-state index contributed by atoms with van der Waals surface area (Å²) in [6.45, 7) is 6.76. The van der Waals surface area contributed by atoms with Gasteiger partial charge in [0, 0.05) is 30.1 Å². The van der Waals surface area contributed by atoms with Crippen LogP contribution in [0.3, 0.4) is 0 Å². The van der Waals surface area contributed by atoms with Crippen LogP contribution in [0.25, 0.3) is 0 Å². The Morgan fingerprint density at radius 3 is 2.77 bits per heavy atom. The Labute approximate surface area is 131 Å². The number of aryl methyl sites for hydroxylation is 1. The number of nitrogens with one attached hydrogen (secondary N) is 1. The summed E-state index contributed by atoms with van der Waals surface area (Å²) < 4.78 is 19.9. The highest BCUT2D eigenvalue weighted by molar-refractivity contribution is 5.41. The summed E-state index contributed by atoms with van der Waals surface area (Å²) in [5, 5.41) is 3.49. The molecule has 3 heteroatoms. The predicted octanol–water partition coefficient (Wildman–Crippen LogP) is 4.53. The molecule has 1 unspecified atom stereocenters. The van der Waals surface area contributed by atoms with Crippen molar-refractivity contribution >= 4 is 0 Å². The van der Waals surface area contributed by atoms with Crippen LogP contribution >= 0.6 is 0 Å². The van der Waals surface area contributed by atoms with Gasteiger partial charge in [-0.05, 0) is 38.5 Å². The average Bonchev–Trinajstić information content (AvgIpc) is 2.44. The lowest BCUT2D eigenvalue weighted by atomic mass is 9.89. The molecule has 1 heterocycles. The molecule has 1 N–H and O–H groups in total. The lowest BCUT2D eigenvalue weighted by Crippen LogP contribution is -2.39. The number of ether oxygens (including phenoxy) is 1. The second-order valence-electron chi connectivity index (χ2n) is 6.63. The summed E-state index contributed by atoms with van der Waals surface area (Å²) in [6.07, 6.45) is 0.859.